The van der Waals surface area contributed by atoms with Crippen molar-refractivity contribution in [2.45, 2.75) is 33.3 Å². The molecule has 0 saturated carbocycles. The number of amides is 3. The lowest BCUT2D eigenvalue weighted by atomic mass is 10.2. The largest absolute Gasteiger partial charge is 0.490 e. The van der Waals surface area contributed by atoms with Gasteiger partial charge in [-0.15, -0.1) is 0 Å². The van der Waals surface area contributed by atoms with E-state index in [0.717, 1.165) is 16.7 Å². The zero-order valence-corrected chi connectivity index (χ0v) is 17.8. The van der Waals surface area contributed by atoms with Crippen molar-refractivity contribution in [3.05, 3.63) is 28.7 Å². The van der Waals surface area contributed by atoms with E-state index < -0.39 is 29.6 Å². The van der Waals surface area contributed by atoms with Gasteiger partial charge < -0.3 is 19.9 Å². The summed E-state index contributed by atoms with van der Waals surface area (Å²) < 4.78 is 15.9. The number of nitrogens with two attached hydrogens (primary N) is 1. The maximum atomic E-state index is 12.6. The van der Waals surface area contributed by atoms with Crippen molar-refractivity contribution in [3.63, 3.8) is 0 Å². The molecule has 9 nitrogen and oxygen atoms in total. The first-order valence-corrected chi connectivity index (χ1v) is 10.2. The van der Waals surface area contributed by atoms with Crippen LogP contribution in [0.1, 0.15) is 32.8 Å². The molecule has 0 unspecified atom stereocenters. The molecule has 0 spiro atoms. The number of rotatable bonds is 10. The summed E-state index contributed by atoms with van der Waals surface area (Å²) >= 11 is 0.738. The van der Waals surface area contributed by atoms with Crippen LogP contribution in [0.25, 0.3) is 6.08 Å². The molecule has 1 saturated heterocycles. The molecule has 3 amide bonds. The van der Waals surface area contributed by atoms with Gasteiger partial charge in [0.1, 0.15) is 6.54 Å². The second-order valence-electron chi connectivity index (χ2n) is 6.37. The molecular weight excluding hydrogens is 412 g/mol. The van der Waals surface area contributed by atoms with Crippen molar-refractivity contribution in [3.8, 4) is 11.5 Å². The summed E-state index contributed by atoms with van der Waals surface area (Å²) in [4.78, 5) is 48.6. The minimum atomic E-state index is -0.637. The predicted octanol–water partition coefficient (Wildman–Crippen LogP) is 2.33. The Bertz CT molecular complexity index is 869. The maximum Gasteiger partial charge on any atom is 0.326 e. The number of esters is 1. The fourth-order valence-corrected chi connectivity index (χ4v) is 3.25. The molecule has 0 aliphatic carbocycles. The molecule has 1 aromatic rings. The van der Waals surface area contributed by atoms with E-state index in [-0.39, 0.29) is 17.6 Å². The summed E-state index contributed by atoms with van der Waals surface area (Å²) in [6.07, 6.45) is 1.86. The summed E-state index contributed by atoms with van der Waals surface area (Å²) in [6.45, 7) is 5.00. The van der Waals surface area contributed by atoms with Gasteiger partial charge >= 0.3 is 5.97 Å². The van der Waals surface area contributed by atoms with Crippen LogP contribution in [-0.2, 0) is 19.1 Å². The van der Waals surface area contributed by atoms with Gasteiger partial charge in [-0.1, -0.05) is 13.0 Å². The molecule has 1 aliphatic heterocycles. The van der Waals surface area contributed by atoms with Crippen molar-refractivity contribution in [1.82, 2.24) is 4.90 Å². The molecule has 1 aromatic carbocycles. The minimum absolute atomic E-state index is 0.171. The normalized spacial score (nSPS) is 16.0. The third-order valence-electron chi connectivity index (χ3n) is 4.00. The Balaban J connectivity index is 2.16. The number of imide groups is 1. The van der Waals surface area contributed by atoms with Crippen LogP contribution in [0.4, 0.5) is 4.79 Å². The smallest absolute Gasteiger partial charge is 0.326 e. The third-order valence-corrected chi connectivity index (χ3v) is 4.91. The van der Waals surface area contributed by atoms with Gasteiger partial charge in [-0.2, -0.15) is 0 Å². The first kappa shape index (κ1) is 23.3. The number of nitrogens with zero attached hydrogens (tertiary/aromatic N) is 1. The SMILES string of the molecule is CCOc1cc(/C=C2\SC(=O)N(CC(=O)O[C@@H](C)CC)C2=O)ccc1OCC(N)=O. The fraction of sp³-hybridized carbons (Fsp3) is 0.400. The molecule has 0 radical (unpaired) electrons. The molecule has 10 heteroatoms. The molecule has 0 aromatic heterocycles. The van der Waals surface area contributed by atoms with Crippen LogP contribution in [0.5, 0.6) is 11.5 Å². The topological polar surface area (TPSA) is 125 Å². The van der Waals surface area contributed by atoms with Crippen LogP contribution >= 0.6 is 11.8 Å². The van der Waals surface area contributed by atoms with Gasteiger partial charge in [0, 0.05) is 0 Å². The standard InChI is InChI=1S/C20H24N2O7S/c1-4-12(3)29-18(24)10-22-19(25)16(30-20(22)26)9-13-6-7-14(28-11-17(21)23)15(8-13)27-5-2/h6-9,12H,4-5,10-11H2,1-3H3,(H2,21,23)/b16-9-/t12-/m0/s1. The summed E-state index contributed by atoms with van der Waals surface area (Å²) in [5.41, 5.74) is 5.67. The minimum Gasteiger partial charge on any atom is -0.490 e. The summed E-state index contributed by atoms with van der Waals surface area (Å²) in [5.74, 6) is -1.14. The monoisotopic (exact) mass is 436 g/mol. The molecule has 1 aliphatic rings. The Kier molecular flexibility index (Phi) is 8.28. The molecule has 30 heavy (non-hydrogen) atoms. The maximum absolute atomic E-state index is 12.6. The van der Waals surface area contributed by atoms with Gasteiger partial charge in [-0.25, -0.2) is 0 Å². The summed E-state index contributed by atoms with van der Waals surface area (Å²) in [7, 11) is 0. The molecule has 1 fully saturated rings. The van der Waals surface area contributed by atoms with Crippen LogP contribution in [-0.4, -0.2) is 53.8 Å². The zero-order valence-electron chi connectivity index (χ0n) is 17.0. The Morgan fingerprint density at radius 3 is 2.57 bits per heavy atom. The number of ether oxygens (including phenoxy) is 3. The summed E-state index contributed by atoms with van der Waals surface area (Å²) in [6, 6.07) is 4.84. The van der Waals surface area contributed by atoms with Crippen LogP contribution in [0.3, 0.4) is 0 Å². The number of carbonyl (C=O) groups excluding carboxylic acids is 4. The van der Waals surface area contributed by atoms with E-state index in [0.29, 0.717) is 30.1 Å². The van der Waals surface area contributed by atoms with Crippen LogP contribution in [0.2, 0.25) is 0 Å². The first-order chi connectivity index (χ1) is 14.2. The average Bonchev–Trinajstić information content (AvgIpc) is 2.94. The van der Waals surface area contributed by atoms with E-state index in [4.69, 9.17) is 19.9 Å². The summed E-state index contributed by atoms with van der Waals surface area (Å²) in [5, 5.41) is -0.543. The number of carbonyl (C=O) groups is 4. The van der Waals surface area contributed by atoms with Gasteiger partial charge in [-0.3, -0.25) is 24.1 Å². The molecule has 1 atom stereocenters. The van der Waals surface area contributed by atoms with E-state index in [2.05, 4.69) is 0 Å². The van der Waals surface area contributed by atoms with Crippen LogP contribution < -0.4 is 15.2 Å². The van der Waals surface area contributed by atoms with Gasteiger partial charge in [0.15, 0.2) is 18.1 Å². The molecule has 0 bridgehead atoms. The van der Waals surface area contributed by atoms with Gasteiger partial charge in [0.25, 0.3) is 17.1 Å². The zero-order chi connectivity index (χ0) is 22.3. The lowest BCUT2D eigenvalue weighted by molar-refractivity contribution is -0.150. The van der Waals surface area contributed by atoms with Gasteiger partial charge in [0.2, 0.25) is 0 Å². The molecule has 2 N–H and O–H groups in total. The molecular formula is C20H24N2O7S. The number of hydrogen-bond donors (Lipinski definition) is 1. The van der Waals surface area contributed by atoms with E-state index in [1.807, 2.05) is 6.92 Å². The first-order valence-electron chi connectivity index (χ1n) is 9.37. The highest BCUT2D eigenvalue weighted by molar-refractivity contribution is 8.18. The van der Waals surface area contributed by atoms with Crippen molar-refractivity contribution in [2.24, 2.45) is 5.73 Å². The molecule has 162 valence electrons. The Hall–Kier alpha value is -3.01. The van der Waals surface area contributed by atoms with Crippen LogP contribution in [0, 0.1) is 0 Å². The predicted molar refractivity (Wildman–Crippen MR) is 111 cm³/mol. The Morgan fingerprint density at radius 2 is 1.93 bits per heavy atom. The highest BCUT2D eigenvalue weighted by Crippen LogP contribution is 2.34. The fourth-order valence-electron chi connectivity index (χ4n) is 2.41. The second kappa shape index (κ2) is 10.7. The van der Waals surface area contributed by atoms with E-state index >= 15 is 0 Å². The number of hydrogen-bond acceptors (Lipinski definition) is 8. The Morgan fingerprint density at radius 1 is 1.20 bits per heavy atom. The van der Waals surface area contributed by atoms with E-state index in [1.165, 1.54) is 6.08 Å². The van der Waals surface area contributed by atoms with Crippen molar-refractivity contribution in [1.29, 1.82) is 0 Å². The van der Waals surface area contributed by atoms with Crippen LogP contribution in [0.15, 0.2) is 23.1 Å². The number of primary amides is 1. The number of benzene rings is 1. The van der Waals surface area contributed by atoms with Crippen molar-refractivity contribution < 1.29 is 33.4 Å². The van der Waals surface area contributed by atoms with E-state index in [1.54, 1.807) is 32.0 Å². The van der Waals surface area contributed by atoms with Gasteiger partial charge in [-0.05, 0) is 55.8 Å². The lowest BCUT2D eigenvalue weighted by Gasteiger charge is -2.14. The molecule has 1 heterocycles. The second-order valence-corrected chi connectivity index (χ2v) is 7.36. The third kappa shape index (κ3) is 6.24. The Labute approximate surface area is 178 Å². The highest BCUT2D eigenvalue weighted by Gasteiger charge is 2.36. The quantitative estimate of drug-likeness (QED) is 0.438. The van der Waals surface area contributed by atoms with Crippen molar-refractivity contribution in [2.75, 3.05) is 19.8 Å². The average molecular weight is 436 g/mol. The van der Waals surface area contributed by atoms with Gasteiger partial charge in [0.05, 0.1) is 17.6 Å². The van der Waals surface area contributed by atoms with E-state index in [9.17, 15) is 19.2 Å². The lowest BCUT2D eigenvalue weighted by Crippen LogP contribution is -2.35. The number of thioether (sulfide) groups is 1. The molecule has 2 rings (SSSR count). The van der Waals surface area contributed by atoms with Crippen molar-refractivity contribution >= 4 is 40.9 Å². The highest BCUT2D eigenvalue weighted by atomic mass is 32.2.